The second kappa shape index (κ2) is 6.04. The summed E-state index contributed by atoms with van der Waals surface area (Å²) in [5, 5.41) is 10.2. The van der Waals surface area contributed by atoms with E-state index < -0.39 is 0 Å². The Balaban J connectivity index is 1.57. The van der Waals surface area contributed by atoms with Crippen molar-refractivity contribution in [2.75, 3.05) is 0 Å². The molecule has 3 aromatic rings. The number of imidazole rings is 1. The first kappa shape index (κ1) is 15.4. The molecule has 128 valence electrons. The molecule has 1 fully saturated rings. The summed E-state index contributed by atoms with van der Waals surface area (Å²) in [4.78, 5) is 28.6. The molecule has 4 rings (SSSR count). The van der Waals surface area contributed by atoms with Crippen LogP contribution in [0.3, 0.4) is 0 Å². The van der Waals surface area contributed by atoms with Gasteiger partial charge in [-0.15, -0.1) is 0 Å². The van der Waals surface area contributed by atoms with Crippen molar-refractivity contribution in [1.82, 2.24) is 29.8 Å². The van der Waals surface area contributed by atoms with Crippen LogP contribution in [0.5, 0.6) is 0 Å². The van der Waals surface area contributed by atoms with Crippen LogP contribution < -0.4 is 10.6 Å². The zero-order chi connectivity index (χ0) is 17.4. The summed E-state index contributed by atoms with van der Waals surface area (Å²) in [6.07, 6.45) is 7.79. The van der Waals surface area contributed by atoms with Crippen LogP contribution in [-0.4, -0.2) is 37.0 Å². The number of piperidine rings is 1. The van der Waals surface area contributed by atoms with E-state index in [1.807, 2.05) is 19.2 Å². The van der Waals surface area contributed by atoms with Gasteiger partial charge in [-0.3, -0.25) is 14.3 Å². The fraction of sp³-hybridized carbons (Fsp3) is 0.294. The van der Waals surface area contributed by atoms with E-state index in [9.17, 15) is 9.59 Å². The highest BCUT2D eigenvalue weighted by Gasteiger charge is 2.32. The monoisotopic (exact) mass is 338 g/mol. The Morgan fingerprint density at radius 2 is 2.24 bits per heavy atom. The summed E-state index contributed by atoms with van der Waals surface area (Å²) in [6, 6.07) is 4.98. The Labute approximate surface area is 143 Å². The number of carbonyl (C=O) groups is 2. The van der Waals surface area contributed by atoms with E-state index in [2.05, 4.69) is 20.7 Å². The van der Waals surface area contributed by atoms with Gasteiger partial charge < -0.3 is 15.0 Å². The van der Waals surface area contributed by atoms with Gasteiger partial charge in [0.1, 0.15) is 0 Å². The lowest BCUT2D eigenvalue weighted by Gasteiger charge is -2.32. The van der Waals surface area contributed by atoms with Gasteiger partial charge in [-0.05, 0) is 24.6 Å². The summed E-state index contributed by atoms with van der Waals surface area (Å²) in [5.74, 6) is -0.194. The number of aromatic nitrogens is 4. The SMILES string of the molecule is Cn1nccc1[C@@H]1NC(=O)CC[C@H]1NC(=O)c1ccc2cncn2c1. The molecule has 8 nitrogen and oxygen atoms in total. The Morgan fingerprint density at radius 1 is 1.36 bits per heavy atom. The van der Waals surface area contributed by atoms with Crippen molar-refractivity contribution < 1.29 is 9.59 Å². The zero-order valence-corrected chi connectivity index (χ0v) is 13.7. The van der Waals surface area contributed by atoms with Gasteiger partial charge >= 0.3 is 0 Å². The van der Waals surface area contributed by atoms with E-state index in [4.69, 9.17) is 0 Å². The van der Waals surface area contributed by atoms with Crippen LogP contribution >= 0.6 is 0 Å². The second-order valence-electron chi connectivity index (χ2n) is 6.19. The van der Waals surface area contributed by atoms with Crippen LogP contribution in [-0.2, 0) is 11.8 Å². The van der Waals surface area contributed by atoms with E-state index in [0.29, 0.717) is 18.4 Å². The van der Waals surface area contributed by atoms with Crippen molar-refractivity contribution in [3.05, 3.63) is 54.4 Å². The molecule has 1 aliphatic rings. The minimum Gasteiger partial charge on any atom is -0.347 e. The highest BCUT2D eigenvalue weighted by atomic mass is 16.2. The molecular formula is C17H18N6O2. The predicted molar refractivity (Wildman–Crippen MR) is 89.8 cm³/mol. The summed E-state index contributed by atoms with van der Waals surface area (Å²) in [6.45, 7) is 0. The molecule has 3 aromatic heterocycles. The number of hydrogen-bond acceptors (Lipinski definition) is 4. The summed E-state index contributed by atoms with van der Waals surface area (Å²) >= 11 is 0. The minimum absolute atomic E-state index is 0.0171. The number of fused-ring (bicyclic) bond motifs is 1. The zero-order valence-electron chi connectivity index (χ0n) is 13.7. The maximum absolute atomic E-state index is 12.7. The molecule has 8 heteroatoms. The second-order valence-corrected chi connectivity index (χ2v) is 6.19. The topological polar surface area (TPSA) is 93.3 Å². The molecule has 0 bridgehead atoms. The molecule has 1 saturated heterocycles. The van der Waals surface area contributed by atoms with E-state index in [0.717, 1.165) is 11.2 Å². The number of hydrogen-bond donors (Lipinski definition) is 2. The maximum Gasteiger partial charge on any atom is 0.253 e. The van der Waals surface area contributed by atoms with Crippen molar-refractivity contribution in [3.63, 3.8) is 0 Å². The molecule has 0 unspecified atom stereocenters. The number of nitrogens with zero attached hydrogens (tertiary/aromatic N) is 4. The minimum atomic E-state index is -0.297. The van der Waals surface area contributed by atoms with Crippen LogP contribution in [0.1, 0.15) is 34.9 Å². The molecule has 25 heavy (non-hydrogen) atoms. The smallest absolute Gasteiger partial charge is 0.253 e. The maximum atomic E-state index is 12.7. The van der Waals surface area contributed by atoms with Crippen molar-refractivity contribution >= 4 is 17.3 Å². The standard InChI is InChI=1S/C17H18N6O2/c1-22-14(6-7-19-22)16-13(4-5-15(24)21-16)20-17(25)11-2-3-12-8-18-10-23(12)9-11/h2-3,6-10,13,16H,4-5H2,1H3,(H,20,25)(H,21,24)/t13-,16-/m1/s1. The first-order valence-electron chi connectivity index (χ1n) is 8.11. The molecule has 1 aliphatic heterocycles. The molecule has 2 atom stereocenters. The fourth-order valence-corrected chi connectivity index (χ4v) is 3.23. The van der Waals surface area contributed by atoms with Gasteiger partial charge in [0, 0.05) is 25.9 Å². The van der Waals surface area contributed by atoms with Gasteiger partial charge in [-0.25, -0.2) is 4.98 Å². The lowest BCUT2D eigenvalue weighted by Crippen LogP contribution is -2.50. The highest BCUT2D eigenvalue weighted by Crippen LogP contribution is 2.24. The highest BCUT2D eigenvalue weighted by molar-refractivity contribution is 5.94. The van der Waals surface area contributed by atoms with E-state index in [-0.39, 0.29) is 23.9 Å². The number of rotatable bonds is 3. The Bertz CT molecular complexity index is 943. The van der Waals surface area contributed by atoms with E-state index in [1.165, 1.54) is 0 Å². The van der Waals surface area contributed by atoms with Crippen LogP contribution in [0.15, 0.2) is 43.1 Å². The summed E-state index contributed by atoms with van der Waals surface area (Å²) in [5.41, 5.74) is 2.34. The Hall–Kier alpha value is -3.16. The fourth-order valence-electron chi connectivity index (χ4n) is 3.23. The number of aryl methyl sites for hydroxylation is 1. The largest absolute Gasteiger partial charge is 0.347 e. The first-order valence-corrected chi connectivity index (χ1v) is 8.11. The quantitative estimate of drug-likeness (QED) is 0.739. The molecule has 0 aliphatic carbocycles. The van der Waals surface area contributed by atoms with Crippen molar-refractivity contribution in [2.24, 2.45) is 7.05 Å². The summed E-state index contributed by atoms with van der Waals surface area (Å²) < 4.78 is 3.52. The van der Waals surface area contributed by atoms with Crippen LogP contribution in [0.2, 0.25) is 0 Å². The van der Waals surface area contributed by atoms with Crippen LogP contribution in [0.25, 0.3) is 5.52 Å². The molecule has 2 amide bonds. The number of carbonyl (C=O) groups excluding carboxylic acids is 2. The van der Waals surface area contributed by atoms with Gasteiger partial charge in [-0.2, -0.15) is 5.10 Å². The number of pyridine rings is 1. The third-order valence-corrected chi connectivity index (χ3v) is 4.57. The predicted octanol–water partition coefficient (Wildman–Crippen LogP) is 0.817. The molecule has 0 saturated carbocycles. The van der Waals surface area contributed by atoms with Gasteiger partial charge in [0.15, 0.2) is 0 Å². The first-order chi connectivity index (χ1) is 12.1. The lowest BCUT2D eigenvalue weighted by atomic mass is 9.95. The average molecular weight is 338 g/mol. The van der Waals surface area contributed by atoms with Crippen molar-refractivity contribution in [3.8, 4) is 0 Å². The van der Waals surface area contributed by atoms with Gasteiger partial charge in [0.2, 0.25) is 5.91 Å². The van der Waals surface area contributed by atoms with E-state index >= 15 is 0 Å². The number of nitrogens with one attached hydrogen (secondary N) is 2. The summed E-state index contributed by atoms with van der Waals surface area (Å²) in [7, 11) is 1.82. The van der Waals surface area contributed by atoms with Gasteiger partial charge in [0.05, 0.1) is 41.4 Å². The van der Waals surface area contributed by atoms with E-state index in [1.54, 1.807) is 40.1 Å². The molecule has 2 N–H and O–H groups in total. The van der Waals surface area contributed by atoms with Crippen LogP contribution in [0, 0.1) is 0 Å². The van der Waals surface area contributed by atoms with Crippen LogP contribution in [0.4, 0.5) is 0 Å². The Kier molecular flexibility index (Phi) is 3.72. The Morgan fingerprint density at radius 3 is 3.04 bits per heavy atom. The molecule has 4 heterocycles. The number of amides is 2. The molecule has 0 radical (unpaired) electrons. The average Bonchev–Trinajstić information content (AvgIpc) is 3.24. The van der Waals surface area contributed by atoms with Crippen molar-refractivity contribution in [1.29, 1.82) is 0 Å². The normalized spacial score (nSPS) is 20.4. The van der Waals surface area contributed by atoms with Gasteiger partial charge in [-0.1, -0.05) is 0 Å². The molecule has 0 spiro atoms. The molecular weight excluding hydrogens is 320 g/mol. The lowest BCUT2D eigenvalue weighted by molar-refractivity contribution is -0.123. The van der Waals surface area contributed by atoms with Crippen molar-refractivity contribution in [2.45, 2.75) is 24.9 Å². The van der Waals surface area contributed by atoms with Gasteiger partial charge in [0.25, 0.3) is 5.91 Å². The third-order valence-electron chi connectivity index (χ3n) is 4.57. The molecule has 0 aromatic carbocycles. The third kappa shape index (κ3) is 2.86.